The van der Waals surface area contributed by atoms with Gasteiger partial charge in [-0.15, -0.1) is 0 Å². The van der Waals surface area contributed by atoms with Crippen LogP contribution in [-0.4, -0.2) is 39.6 Å². The summed E-state index contributed by atoms with van der Waals surface area (Å²) in [7, 11) is -3.22. The van der Waals surface area contributed by atoms with E-state index < -0.39 is 15.9 Å². The van der Waals surface area contributed by atoms with Crippen LogP contribution in [0.5, 0.6) is 0 Å². The van der Waals surface area contributed by atoms with Crippen LogP contribution in [0.25, 0.3) is 0 Å². The predicted octanol–water partition coefficient (Wildman–Crippen LogP) is -1.45. The Hall–Kier alpha value is -1.15. The van der Waals surface area contributed by atoms with Crippen LogP contribution >= 0.6 is 0 Å². The third-order valence-electron chi connectivity index (χ3n) is 2.10. The second-order valence-electron chi connectivity index (χ2n) is 3.86. The van der Waals surface area contributed by atoms with Gasteiger partial charge in [0, 0.05) is 25.4 Å². The van der Waals surface area contributed by atoms with Crippen molar-refractivity contribution in [3.8, 4) is 0 Å². The summed E-state index contributed by atoms with van der Waals surface area (Å²) in [5.41, 5.74) is 5.04. The maximum Gasteiger partial charge on any atom is 0.220 e. The van der Waals surface area contributed by atoms with Crippen molar-refractivity contribution in [1.29, 1.82) is 0 Å². The fraction of sp³-hybridized carbons (Fsp3) is 0.778. The minimum absolute atomic E-state index is 0.149. The van der Waals surface area contributed by atoms with Crippen LogP contribution in [-0.2, 0) is 19.6 Å². The highest BCUT2D eigenvalue weighted by Gasteiger charge is 2.10. The molecule has 0 rings (SSSR count). The summed E-state index contributed by atoms with van der Waals surface area (Å²) in [6.45, 7) is 2.02. The largest absolute Gasteiger partial charge is 0.369 e. The van der Waals surface area contributed by atoms with Gasteiger partial charge in [0.15, 0.2) is 0 Å². The van der Waals surface area contributed by atoms with Gasteiger partial charge in [-0.25, -0.2) is 13.1 Å². The highest BCUT2D eigenvalue weighted by molar-refractivity contribution is 7.88. The maximum atomic E-state index is 11.3. The number of rotatable bonds is 8. The lowest BCUT2D eigenvalue weighted by Gasteiger charge is -2.08. The first kappa shape index (κ1) is 15.9. The quantitative estimate of drug-likeness (QED) is 0.465. The van der Waals surface area contributed by atoms with Gasteiger partial charge in [0.25, 0.3) is 0 Å². The zero-order valence-corrected chi connectivity index (χ0v) is 10.8. The second-order valence-corrected chi connectivity index (χ2v) is 5.69. The van der Waals surface area contributed by atoms with E-state index in [0.29, 0.717) is 6.42 Å². The van der Waals surface area contributed by atoms with Crippen molar-refractivity contribution in [1.82, 2.24) is 10.0 Å². The fourth-order valence-corrected chi connectivity index (χ4v) is 1.49. The van der Waals surface area contributed by atoms with Crippen LogP contribution in [0.2, 0.25) is 0 Å². The third-order valence-corrected chi connectivity index (χ3v) is 2.83. The summed E-state index contributed by atoms with van der Waals surface area (Å²) >= 11 is 0. The van der Waals surface area contributed by atoms with E-state index in [1.807, 2.05) is 0 Å². The van der Waals surface area contributed by atoms with E-state index in [9.17, 15) is 18.0 Å². The molecule has 0 saturated carbocycles. The number of carbonyl (C=O) groups is 2. The topological polar surface area (TPSA) is 118 Å². The number of nitrogens with one attached hydrogen (secondary N) is 2. The lowest BCUT2D eigenvalue weighted by molar-refractivity contribution is -0.123. The molecule has 8 heteroatoms. The minimum atomic E-state index is -3.22. The fourth-order valence-electron chi connectivity index (χ4n) is 1.02. The van der Waals surface area contributed by atoms with Crippen LogP contribution in [0, 0.1) is 5.92 Å². The molecule has 0 radical (unpaired) electrons. The Morgan fingerprint density at radius 3 is 2.35 bits per heavy atom. The SMILES string of the molecule is C[C@@H](CCC(=O)NCCNS(C)(=O)=O)C(N)=O. The van der Waals surface area contributed by atoms with Gasteiger partial charge >= 0.3 is 0 Å². The third kappa shape index (κ3) is 9.76. The molecule has 4 N–H and O–H groups in total. The molecule has 1 atom stereocenters. The van der Waals surface area contributed by atoms with Crippen molar-refractivity contribution in [2.75, 3.05) is 19.3 Å². The zero-order valence-electron chi connectivity index (χ0n) is 10.0. The summed E-state index contributed by atoms with van der Waals surface area (Å²) in [6, 6.07) is 0. The van der Waals surface area contributed by atoms with E-state index in [1.165, 1.54) is 0 Å². The van der Waals surface area contributed by atoms with E-state index in [4.69, 9.17) is 5.73 Å². The Morgan fingerprint density at radius 1 is 1.29 bits per heavy atom. The van der Waals surface area contributed by atoms with Crippen LogP contribution in [0.15, 0.2) is 0 Å². The molecule has 0 aromatic rings. The Morgan fingerprint density at radius 2 is 1.88 bits per heavy atom. The molecule has 0 aliphatic heterocycles. The molecule has 0 aliphatic carbocycles. The van der Waals surface area contributed by atoms with E-state index in [1.54, 1.807) is 6.92 Å². The van der Waals surface area contributed by atoms with Crippen molar-refractivity contribution in [2.24, 2.45) is 11.7 Å². The molecule has 0 aliphatic rings. The summed E-state index contributed by atoms with van der Waals surface area (Å²) in [5, 5.41) is 2.53. The van der Waals surface area contributed by atoms with Gasteiger partial charge < -0.3 is 11.1 Å². The molecule has 0 saturated heterocycles. The van der Waals surface area contributed by atoms with E-state index in [-0.39, 0.29) is 31.3 Å². The molecule has 0 aromatic heterocycles. The zero-order chi connectivity index (χ0) is 13.5. The van der Waals surface area contributed by atoms with Crippen molar-refractivity contribution in [2.45, 2.75) is 19.8 Å². The molecule has 0 fully saturated rings. The number of sulfonamides is 1. The first-order chi connectivity index (χ1) is 7.72. The van der Waals surface area contributed by atoms with Crippen LogP contribution in [0.4, 0.5) is 0 Å². The normalized spacial score (nSPS) is 13.1. The van der Waals surface area contributed by atoms with Crippen LogP contribution in [0.1, 0.15) is 19.8 Å². The van der Waals surface area contributed by atoms with Crippen molar-refractivity contribution in [3.05, 3.63) is 0 Å². The Labute approximate surface area is 101 Å². The van der Waals surface area contributed by atoms with E-state index >= 15 is 0 Å². The summed E-state index contributed by atoms with van der Waals surface area (Å²) in [5.74, 6) is -1.00. The first-order valence-corrected chi connectivity index (χ1v) is 7.12. The van der Waals surface area contributed by atoms with Gasteiger partial charge in [0.1, 0.15) is 0 Å². The monoisotopic (exact) mass is 265 g/mol. The number of primary amides is 1. The van der Waals surface area contributed by atoms with Crippen LogP contribution in [0.3, 0.4) is 0 Å². The Kier molecular flexibility index (Phi) is 6.74. The molecule has 100 valence electrons. The standard InChI is InChI=1S/C9H19N3O4S/c1-7(9(10)14)3-4-8(13)11-5-6-12-17(2,15)16/h7,12H,3-6H2,1-2H3,(H2,10,14)(H,11,13)/t7-/m0/s1. The highest BCUT2D eigenvalue weighted by atomic mass is 32.2. The average molecular weight is 265 g/mol. The lowest BCUT2D eigenvalue weighted by atomic mass is 10.1. The average Bonchev–Trinajstić information content (AvgIpc) is 2.19. The minimum Gasteiger partial charge on any atom is -0.369 e. The molecule has 7 nitrogen and oxygen atoms in total. The summed E-state index contributed by atoms with van der Waals surface area (Å²) < 4.78 is 23.6. The summed E-state index contributed by atoms with van der Waals surface area (Å²) in [4.78, 5) is 22.0. The van der Waals surface area contributed by atoms with Crippen molar-refractivity contribution >= 4 is 21.8 Å². The van der Waals surface area contributed by atoms with Gasteiger partial charge in [-0.3, -0.25) is 9.59 Å². The molecule has 0 spiro atoms. The molecular weight excluding hydrogens is 246 g/mol. The Balaban J connectivity index is 3.64. The number of carbonyl (C=O) groups excluding carboxylic acids is 2. The lowest BCUT2D eigenvalue weighted by Crippen LogP contribution is -2.34. The predicted molar refractivity (Wildman–Crippen MR) is 63.4 cm³/mol. The number of nitrogens with two attached hydrogens (primary N) is 1. The number of hydrogen-bond acceptors (Lipinski definition) is 4. The highest BCUT2D eigenvalue weighted by Crippen LogP contribution is 2.03. The number of amides is 2. The van der Waals surface area contributed by atoms with Gasteiger partial charge in [0.05, 0.1) is 6.26 Å². The molecule has 0 bridgehead atoms. The van der Waals surface area contributed by atoms with Crippen molar-refractivity contribution in [3.63, 3.8) is 0 Å². The molecule has 0 heterocycles. The Bertz CT molecular complexity index is 366. The maximum absolute atomic E-state index is 11.3. The molecule has 0 unspecified atom stereocenters. The smallest absolute Gasteiger partial charge is 0.220 e. The van der Waals surface area contributed by atoms with Gasteiger partial charge in [-0.05, 0) is 6.42 Å². The molecule has 17 heavy (non-hydrogen) atoms. The van der Waals surface area contributed by atoms with Crippen molar-refractivity contribution < 1.29 is 18.0 Å². The molecular formula is C9H19N3O4S. The number of hydrogen-bond donors (Lipinski definition) is 3. The van der Waals surface area contributed by atoms with Gasteiger partial charge in [0.2, 0.25) is 21.8 Å². The molecule has 2 amide bonds. The second kappa shape index (κ2) is 7.23. The van der Waals surface area contributed by atoms with E-state index in [0.717, 1.165) is 6.26 Å². The molecule has 0 aromatic carbocycles. The first-order valence-electron chi connectivity index (χ1n) is 5.23. The van der Waals surface area contributed by atoms with E-state index in [2.05, 4.69) is 10.0 Å². The summed E-state index contributed by atoms with van der Waals surface area (Å²) in [6.07, 6.45) is 1.63. The van der Waals surface area contributed by atoms with Gasteiger partial charge in [-0.1, -0.05) is 6.92 Å². The van der Waals surface area contributed by atoms with Gasteiger partial charge in [-0.2, -0.15) is 0 Å². The van der Waals surface area contributed by atoms with Crippen LogP contribution < -0.4 is 15.8 Å².